The fourth-order valence-electron chi connectivity index (χ4n) is 4.48. The number of anilines is 2. The molecule has 186 valence electrons. The second kappa shape index (κ2) is 10.8. The molecule has 2 fully saturated rings. The van der Waals surface area contributed by atoms with Crippen molar-refractivity contribution in [1.29, 1.82) is 0 Å². The van der Waals surface area contributed by atoms with E-state index < -0.39 is 0 Å². The van der Waals surface area contributed by atoms with Crippen molar-refractivity contribution in [2.45, 2.75) is 13.3 Å². The molecule has 2 aromatic rings. The van der Waals surface area contributed by atoms with Crippen LogP contribution in [0, 0.1) is 5.92 Å². The third-order valence-corrected chi connectivity index (χ3v) is 7.13. The molecule has 0 bridgehead atoms. The van der Waals surface area contributed by atoms with Crippen molar-refractivity contribution in [3.63, 3.8) is 0 Å². The topological polar surface area (TPSA) is 93.2 Å². The van der Waals surface area contributed by atoms with Crippen LogP contribution >= 0.6 is 23.2 Å². The summed E-state index contributed by atoms with van der Waals surface area (Å²) in [6.45, 7) is 5.73. The Labute approximate surface area is 214 Å². The minimum Gasteiger partial charge on any atom is -0.505 e. The molecule has 2 saturated heterocycles. The smallest absolute Gasteiger partial charge is 0.236 e. The summed E-state index contributed by atoms with van der Waals surface area (Å²) in [7, 11) is 0. The lowest BCUT2D eigenvalue weighted by molar-refractivity contribution is -0.132. The average Bonchev–Trinajstić information content (AvgIpc) is 3.31. The Kier molecular flexibility index (Phi) is 7.84. The zero-order chi connectivity index (χ0) is 25.1. The zero-order valence-electron chi connectivity index (χ0n) is 19.5. The van der Waals surface area contributed by atoms with Crippen LogP contribution in [0.1, 0.15) is 23.7 Å². The number of nitrogens with one attached hydrogen (secondary N) is 1. The Morgan fingerprint density at radius 1 is 1.00 bits per heavy atom. The number of carbonyl (C=O) groups is 3. The number of carbonyl (C=O) groups excluding carboxylic acids is 3. The molecule has 10 heteroatoms. The Morgan fingerprint density at radius 3 is 2.23 bits per heavy atom. The van der Waals surface area contributed by atoms with Crippen LogP contribution in [0.3, 0.4) is 0 Å². The van der Waals surface area contributed by atoms with Crippen LogP contribution in [0.5, 0.6) is 5.75 Å². The standard InChI is InChI=1S/C25H28Cl2N4O4/c1-16(32)17-2-4-20(5-3-17)30-8-10-31(11-9-30)23(33)15-29-7-6-18(14-29)25(35)28-19-12-21(26)24(34)22(27)13-19/h2-5,12-13,18,34H,6-11,14-15H2,1H3,(H,28,35)/t18-/m1/s1. The van der Waals surface area contributed by atoms with Gasteiger partial charge in [0.25, 0.3) is 0 Å². The maximum atomic E-state index is 12.9. The van der Waals surface area contributed by atoms with Crippen LogP contribution in [0.25, 0.3) is 0 Å². The Balaban J connectivity index is 1.23. The molecule has 0 spiro atoms. The molecule has 2 N–H and O–H groups in total. The number of Topliss-reactive ketones (excluding diaryl/α,β-unsaturated/α-hetero) is 1. The van der Waals surface area contributed by atoms with E-state index in [2.05, 4.69) is 10.2 Å². The van der Waals surface area contributed by atoms with E-state index in [1.165, 1.54) is 12.1 Å². The van der Waals surface area contributed by atoms with E-state index in [4.69, 9.17) is 23.2 Å². The number of rotatable bonds is 6. The Hall–Kier alpha value is -2.81. The number of hydrogen-bond donors (Lipinski definition) is 2. The summed E-state index contributed by atoms with van der Waals surface area (Å²) in [6.07, 6.45) is 0.655. The van der Waals surface area contributed by atoms with Crippen molar-refractivity contribution in [2.75, 3.05) is 56.0 Å². The second-order valence-corrected chi connectivity index (χ2v) is 9.78. The molecule has 4 rings (SSSR count). The van der Waals surface area contributed by atoms with Gasteiger partial charge in [0.1, 0.15) is 0 Å². The van der Waals surface area contributed by atoms with E-state index in [0.717, 1.165) is 18.8 Å². The van der Waals surface area contributed by atoms with Gasteiger partial charge in [0.05, 0.1) is 22.5 Å². The van der Waals surface area contributed by atoms with E-state index in [1.54, 1.807) is 6.92 Å². The monoisotopic (exact) mass is 518 g/mol. The first-order valence-electron chi connectivity index (χ1n) is 11.6. The number of likely N-dealkylation sites (tertiary alicyclic amines) is 1. The number of hydrogen-bond acceptors (Lipinski definition) is 6. The molecule has 0 saturated carbocycles. The van der Waals surface area contributed by atoms with Crippen molar-refractivity contribution in [3.8, 4) is 5.75 Å². The van der Waals surface area contributed by atoms with Gasteiger partial charge < -0.3 is 20.2 Å². The first-order chi connectivity index (χ1) is 16.7. The lowest BCUT2D eigenvalue weighted by Crippen LogP contribution is -2.51. The molecule has 8 nitrogen and oxygen atoms in total. The van der Waals surface area contributed by atoms with Gasteiger partial charge in [-0.15, -0.1) is 0 Å². The van der Waals surface area contributed by atoms with Crippen LogP contribution in [0.15, 0.2) is 36.4 Å². The van der Waals surface area contributed by atoms with Gasteiger partial charge in [0.2, 0.25) is 11.8 Å². The number of nitrogens with zero attached hydrogens (tertiary/aromatic N) is 3. The number of ketones is 1. The zero-order valence-corrected chi connectivity index (χ0v) is 21.0. The molecule has 2 heterocycles. The van der Waals surface area contributed by atoms with Crippen molar-refractivity contribution in [1.82, 2.24) is 9.80 Å². The van der Waals surface area contributed by atoms with Gasteiger partial charge in [0, 0.05) is 49.7 Å². The lowest BCUT2D eigenvalue weighted by Gasteiger charge is -2.36. The normalized spacial score (nSPS) is 18.5. The van der Waals surface area contributed by atoms with Crippen LogP contribution < -0.4 is 10.2 Å². The second-order valence-electron chi connectivity index (χ2n) is 8.97. The Bertz CT molecular complexity index is 1090. The molecule has 1 atom stereocenters. The summed E-state index contributed by atoms with van der Waals surface area (Å²) in [6, 6.07) is 10.5. The highest BCUT2D eigenvalue weighted by atomic mass is 35.5. The molecule has 0 unspecified atom stereocenters. The highest BCUT2D eigenvalue weighted by molar-refractivity contribution is 6.37. The van der Waals surface area contributed by atoms with Crippen molar-refractivity contribution in [3.05, 3.63) is 52.0 Å². The van der Waals surface area contributed by atoms with E-state index >= 15 is 0 Å². The van der Waals surface area contributed by atoms with Crippen molar-refractivity contribution >= 4 is 52.2 Å². The van der Waals surface area contributed by atoms with Gasteiger partial charge in [-0.2, -0.15) is 0 Å². The number of phenolic OH excluding ortho intramolecular Hbond substituents is 1. The summed E-state index contributed by atoms with van der Waals surface area (Å²) >= 11 is 11.9. The average molecular weight is 519 g/mol. The van der Waals surface area contributed by atoms with Gasteiger partial charge in [-0.05, 0) is 56.3 Å². The van der Waals surface area contributed by atoms with Crippen LogP contribution in [0.2, 0.25) is 10.0 Å². The predicted molar refractivity (Wildman–Crippen MR) is 137 cm³/mol. The summed E-state index contributed by atoms with van der Waals surface area (Å²) < 4.78 is 0. The van der Waals surface area contributed by atoms with E-state index in [-0.39, 0.29) is 45.9 Å². The minimum atomic E-state index is -0.246. The third-order valence-electron chi connectivity index (χ3n) is 6.56. The van der Waals surface area contributed by atoms with Gasteiger partial charge >= 0.3 is 0 Å². The SMILES string of the molecule is CC(=O)c1ccc(N2CCN(C(=O)CN3CC[C@@H](C(=O)Nc4cc(Cl)c(O)c(Cl)c4)C3)CC2)cc1. The molecule has 2 aliphatic heterocycles. The molecular formula is C25H28Cl2N4O4. The summed E-state index contributed by atoms with van der Waals surface area (Å²) in [5, 5.41) is 12.6. The molecule has 0 aromatic heterocycles. The number of aromatic hydroxyl groups is 1. The number of amides is 2. The molecular weight excluding hydrogens is 491 g/mol. The van der Waals surface area contributed by atoms with Crippen LogP contribution in [-0.4, -0.2) is 78.3 Å². The van der Waals surface area contributed by atoms with E-state index in [1.807, 2.05) is 34.1 Å². The molecule has 2 aliphatic rings. The van der Waals surface area contributed by atoms with Gasteiger partial charge in [-0.1, -0.05) is 23.2 Å². The number of benzene rings is 2. The molecule has 2 amide bonds. The number of halogens is 2. The fraction of sp³-hybridized carbons (Fsp3) is 0.400. The van der Waals surface area contributed by atoms with Gasteiger partial charge in [0.15, 0.2) is 11.5 Å². The molecule has 0 radical (unpaired) electrons. The van der Waals surface area contributed by atoms with Gasteiger partial charge in [-0.25, -0.2) is 0 Å². The molecule has 0 aliphatic carbocycles. The fourth-order valence-corrected chi connectivity index (χ4v) is 4.97. The maximum absolute atomic E-state index is 12.9. The Morgan fingerprint density at radius 2 is 1.63 bits per heavy atom. The number of piperazine rings is 1. The van der Waals surface area contributed by atoms with Crippen LogP contribution in [-0.2, 0) is 9.59 Å². The lowest BCUT2D eigenvalue weighted by atomic mass is 10.1. The quantitative estimate of drug-likeness (QED) is 0.449. The van der Waals surface area contributed by atoms with E-state index in [9.17, 15) is 19.5 Å². The largest absolute Gasteiger partial charge is 0.505 e. The first-order valence-corrected chi connectivity index (χ1v) is 12.3. The highest BCUT2D eigenvalue weighted by Crippen LogP contribution is 2.35. The highest BCUT2D eigenvalue weighted by Gasteiger charge is 2.31. The molecule has 2 aromatic carbocycles. The first kappa shape index (κ1) is 25.3. The number of phenols is 1. The maximum Gasteiger partial charge on any atom is 0.236 e. The van der Waals surface area contributed by atoms with Gasteiger partial charge in [-0.3, -0.25) is 19.3 Å². The van der Waals surface area contributed by atoms with Crippen molar-refractivity contribution < 1.29 is 19.5 Å². The minimum absolute atomic E-state index is 0.0442. The predicted octanol–water partition coefficient (Wildman–Crippen LogP) is 3.51. The van der Waals surface area contributed by atoms with Crippen LogP contribution in [0.4, 0.5) is 11.4 Å². The molecule has 35 heavy (non-hydrogen) atoms. The summed E-state index contributed by atoms with van der Waals surface area (Å²) in [5.41, 5.74) is 2.16. The summed E-state index contributed by atoms with van der Waals surface area (Å²) in [4.78, 5) is 43.1. The summed E-state index contributed by atoms with van der Waals surface area (Å²) in [5.74, 6) is -0.521. The van der Waals surface area contributed by atoms with E-state index in [0.29, 0.717) is 43.9 Å². The van der Waals surface area contributed by atoms with Crippen molar-refractivity contribution in [2.24, 2.45) is 5.92 Å². The third kappa shape index (κ3) is 6.07.